The molecule has 1 aliphatic rings. The number of anilines is 1. The molecule has 0 saturated carbocycles. The van der Waals surface area contributed by atoms with E-state index in [9.17, 15) is 4.79 Å². The molecule has 0 atom stereocenters. The largest absolute Gasteiger partial charge is 0.490 e. The maximum Gasteiger partial charge on any atom is 0.234 e. The standard InChI is InChI=1S/C20H19ClN4O4S/c21-13-2-5-15(6-3-13)29-11-18-23-20(25-24-18)30-12-19(26)22-14-4-7-16-17(10-14)28-9-1-8-27-16/h2-7,10H,1,8-9,11-12H2,(H,22,26)(H,23,24,25). The first-order valence-corrected chi connectivity index (χ1v) is 10.6. The molecule has 2 N–H and O–H groups in total. The minimum absolute atomic E-state index is 0.168. The van der Waals surface area contributed by atoms with E-state index in [2.05, 4.69) is 20.5 Å². The number of nitrogens with one attached hydrogen (secondary N) is 2. The van der Waals surface area contributed by atoms with Gasteiger partial charge in [0.1, 0.15) is 12.4 Å². The van der Waals surface area contributed by atoms with E-state index in [0.29, 0.717) is 52.2 Å². The van der Waals surface area contributed by atoms with Crippen molar-refractivity contribution in [1.29, 1.82) is 0 Å². The van der Waals surface area contributed by atoms with Gasteiger partial charge in [0.15, 0.2) is 17.3 Å². The van der Waals surface area contributed by atoms with E-state index in [4.69, 9.17) is 25.8 Å². The zero-order valence-corrected chi connectivity index (χ0v) is 17.5. The van der Waals surface area contributed by atoms with Gasteiger partial charge in [-0.15, -0.1) is 5.10 Å². The Morgan fingerprint density at radius 1 is 1.17 bits per heavy atom. The number of nitrogens with zero attached hydrogens (tertiary/aromatic N) is 2. The van der Waals surface area contributed by atoms with Crippen molar-refractivity contribution < 1.29 is 19.0 Å². The van der Waals surface area contributed by atoms with Gasteiger partial charge in [-0.2, -0.15) is 0 Å². The van der Waals surface area contributed by atoms with Crippen molar-refractivity contribution >= 4 is 35.0 Å². The quantitative estimate of drug-likeness (QED) is 0.530. The van der Waals surface area contributed by atoms with E-state index in [1.54, 1.807) is 42.5 Å². The van der Waals surface area contributed by atoms with E-state index in [0.717, 1.165) is 6.42 Å². The number of fused-ring (bicyclic) bond motifs is 1. The van der Waals surface area contributed by atoms with Crippen LogP contribution in [0.2, 0.25) is 5.02 Å². The molecular weight excluding hydrogens is 428 g/mol. The van der Waals surface area contributed by atoms with Crippen molar-refractivity contribution in [3.63, 3.8) is 0 Å². The third-order valence-corrected chi connectivity index (χ3v) is 5.16. The van der Waals surface area contributed by atoms with Gasteiger partial charge < -0.3 is 19.5 Å². The van der Waals surface area contributed by atoms with Crippen molar-refractivity contribution in [1.82, 2.24) is 15.2 Å². The Labute approximate surface area is 182 Å². The Bertz CT molecular complexity index is 1010. The van der Waals surface area contributed by atoms with Crippen LogP contribution in [0.3, 0.4) is 0 Å². The topological polar surface area (TPSA) is 98.4 Å². The lowest BCUT2D eigenvalue weighted by molar-refractivity contribution is -0.113. The first-order chi connectivity index (χ1) is 14.7. The number of benzene rings is 2. The molecule has 0 spiro atoms. The Balaban J connectivity index is 1.25. The Kier molecular flexibility index (Phi) is 6.60. The number of rotatable bonds is 7. The van der Waals surface area contributed by atoms with Crippen LogP contribution in [0.1, 0.15) is 12.2 Å². The summed E-state index contributed by atoms with van der Waals surface area (Å²) in [6.07, 6.45) is 0.830. The van der Waals surface area contributed by atoms with Gasteiger partial charge in [-0.05, 0) is 36.4 Å². The summed E-state index contributed by atoms with van der Waals surface area (Å²) in [5, 5.41) is 10.9. The highest BCUT2D eigenvalue weighted by atomic mass is 35.5. The number of hydrogen-bond acceptors (Lipinski definition) is 7. The number of amides is 1. The zero-order valence-electron chi connectivity index (χ0n) is 15.9. The molecule has 0 fully saturated rings. The van der Waals surface area contributed by atoms with Gasteiger partial charge >= 0.3 is 0 Å². The lowest BCUT2D eigenvalue weighted by Crippen LogP contribution is -2.14. The number of hydrogen-bond donors (Lipinski definition) is 2. The van der Waals surface area contributed by atoms with Gasteiger partial charge in [0.25, 0.3) is 0 Å². The van der Waals surface area contributed by atoms with Crippen molar-refractivity contribution in [2.75, 3.05) is 24.3 Å². The molecule has 10 heteroatoms. The fourth-order valence-corrected chi connectivity index (χ4v) is 3.40. The van der Waals surface area contributed by atoms with Gasteiger partial charge in [-0.25, -0.2) is 4.98 Å². The molecule has 156 valence electrons. The van der Waals surface area contributed by atoms with Crippen molar-refractivity contribution in [2.45, 2.75) is 18.2 Å². The Morgan fingerprint density at radius 3 is 2.80 bits per heavy atom. The SMILES string of the molecule is O=C(CSc1n[nH]c(COc2ccc(Cl)cc2)n1)Nc1ccc2c(c1)OCCCO2. The average Bonchev–Trinajstić information content (AvgIpc) is 3.08. The fourth-order valence-electron chi connectivity index (χ4n) is 2.66. The predicted molar refractivity (Wildman–Crippen MR) is 114 cm³/mol. The molecule has 0 aliphatic carbocycles. The van der Waals surface area contributed by atoms with Crippen molar-refractivity contribution in [3.05, 3.63) is 53.3 Å². The molecule has 3 aromatic rings. The van der Waals surface area contributed by atoms with Gasteiger partial charge in [-0.3, -0.25) is 9.89 Å². The maximum atomic E-state index is 12.3. The molecule has 0 bridgehead atoms. The lowest BCUT2D eigenvalue weighted by Gasteiger charge is -2.10. The molecule has 0 radical (unpaired) electrons. The van der Waals surface area contributed by atoms with E-state index >= 15 is 0 Å². The second-order valence-corrected chi connectivity index (χ2v) is 7.74. The van der Waals surface area contributed by atoms with Gasteiger partial charge in [0.05, 0.1) is 19.0 Å². The molecule has 0 saturated heterocycles. The van der Waals surface area contributed by atoms with Crippen LogP contribution in [0.15, 0.2) is 47.6 Å². The number of thioether (sulfide) groups is 1. The molecule has 2 aromatic carbocycles. The van der Waals surface area contributed by atoms with Crippen LogP contribution >= 0.6 is 23.4 Å². The number of carbonyl (C=O) groups is 1. The molecule has 1 aliphatic heterocycles. The fraction of sp³-hybridized carbons (Fsp3) is 0.250. The zero-order chi connectivity index (χ0) is 20.8. The second-order valence-electron chi connectivity index (χ2n) is 6.36. The third kappa shape index (κ3) is 5.58. The number of aromatic nitrogens is 3. The minimum Gasteiger partial charge on any atom is -0.490 e. The molecule has 8 nitrogen and oxygen atoms in total. The lowest BCUT2D eigenvalue weighted by atomic mass is 10.2. The summed E-state index contributed by atoms with van der Waals surface area (Å²) in [6, 6.07) is 12.4. The van der Waals surface area contributed by atoms with E-state index in [-0.39, 0.29) is 18.3 Å². The number of carbonyl (C=O) groups excluding carboxylic acids is 1. The van der Waals surface area contributed by atoms with Crippen LogP contribution in [0.5, 0.6) is 17.2 Å². The summed E-state index contributed by atoms with van der Waals surface area (Å²) in [5.41, 5.74) is 0.650. The summed E-state index contributed by atoms with van der Waals surface area (Å²) < 4.78 is 16.8. The second kappa shape index (κ2) is 9.73. The number of ether oxygens (including phenoxy) is 3. The van der Waals surface area contributed by atoms with Crippen molar-refractivity contribution in [2.24, 2.45) is 0 Å². The maximum absolute atomic E-state index is 12.3. The van der Waals surface area contributed by atoms with Crippen LogP contribution in [-0.2, 0) is 11.4 Å². The van der Waals surface area contributed by atoms with Gasteiger partial charge in [-0.1, -0.05) is 23.4 Å². The van der Waals surface area contributed by atoms with Crippen LogP contribution < -0.4 is 19.5 Å². The first-order valence-electron chi connectivity index (χ1n) is 9.28. The van der Waals surface area contributed by atoms with Crippen LogP contribution in [0.4, 0.5) is 5.69 Å². The van der Waals surface area contributed by atoms with Crippen LogP contribution in [0, 0.1) is 0 Å². The van der Waals surface area contributed by atoms with Gasteiger partial charge in [0.2, 0.25) is 11.1 Å². The summed E-state index contributed by atoms with van der Waals surface area (Å²) >= 11 is 7.08. The molecule has 0 unspecified atom stereocenters. The van der Waals surface area contributed by atoms with E-state index in [1.807, 2.05) is 0 Å². The Hall–Kier alpha value is -2.91. The highest BCUT2D eigenvalue weighted by Gasteiger charge is 2.13. The van der Waals surface area contributed by atoms with Crippen LogP contribution in [0.25, 0.3) is 0 Å². The van der Waals surface area contributed by atoms with E-state index < -0.39 is 0 Å². The molecule has 2 heterocycles. The predicted octanol–water partition coefficient (Wildman–Crippen LogP) is 3.93. The first kappa shape index (κ1) is 20.4. The number of aromatic amines is 1. The molecule has 1 amide bonds. The molecule has 4 rings (SSSR count). The summed E-state index contributed by atoms with van der Waals surface area (Å²) in [6.45, 7) is 1.45. The highest BCUT2D eigenvalue weighted by molar-refractivity contribution is 7.99. The number of H-pyrrole nitrogens is 1. The van der Waals surface area contributed by atoms with E-state index in [1.165, 1.54) is 11.8 Å². The van der Waals surface area contributed by atoms with Crippen LogP contribution in [-0.4, -0.2) is 40.1 Å². The smallest absolute Gasteiger partial charge is 0.234 e. The monoisotopic (exact) mass is 446 g/mol. The number of halogens is 1. The molecular formula is C20H19ClN4O4S. The third-order valence-electron chi connectivity index (χ3n) is 4.06. The van der Waals surface area contributed by atoms with Gasteiger partial charge in [0, 0.05) is 23.2 Å². The average molecular weight is 447 g/mol. The Morgan fingerprint density at radius 2 is 1.97 bits per heavy atom. The minimum atomic E-state index is -0.168. The summed E-state index contributed by atoms with van der Waals surface area (Å²) in [7, 11) is 0. The normalized spacial score (nSPS) is 12.8. The summed E-state index contributed by atoms with van der Waals surface area (Å²) in [4.78, 5) is 16.6. The van der Waals surface area contributed by atoms with Crippen molar-refractivity contribution in [3.8, 4) is 17.2 Å². The molecule has 30 heavy (non-hydrogen) atoms. The molecule has 1 aromatic heterocycles. The summed E-state index contributed by atoms with van der Waals surface area (Å²) in [5.74, 6) is 2.57. The highest BCUT2D eigenvalue weighted by Crippen LogP contribution is 2.32.